The number of halogens is 1. The molecule has 2 heterocycles. The predicted octanol–water partition coefficient (Wildman–Crippen LogP) is 6.53. The molecule has 2 atom stereocenters. The monoisotopic (exact) mass is 543 g/mol. The molecular formula is C32H50ClN3O2. The molecule has 0 aromatic heterocycles. The molecule has 5 nitrogen and oxygen atoms in total. The van der Waals surface area contributed by atoms with Gasteiger partial charge in [-0.05, 0) is 82.4 Å². The minimum atomic E-state index is -0.583. The summed E-state index contributed by atoms with van der Waals surface area (Å²) in [6.07, 6.45) is 6.04. The Kier molecular flexibility index (Phi) is 8.07. The number of likely N-dealkylation sites (tertiary alicyclic amines) is 2. The topological polar surface area (TPSA) is 43.9 Å². The highest BCUT2D eigenvalue weighted by Gasteiger charge is 2.52. The molecule has 0 spiro atoms. The van der Waals surface area contributed by atoms with Crippen LogP contribution in [0, 0.1) is 10.8 Å². The van der Waals surface area contributed by atoms with Crippen LogP contribution in [0.5, 0.6) is 0 Å². The molecule has 3 aliphatic rings. The van der Waals surface area contributed by atoms with Crippen LogP contribution in [0.3, 0.4) is 0 Å². The Morgan fingerprint density at radius 2 is 1.50 bits per heavy atom. The van der Waals surface area contributed by atoms with Crippen LogP contribution in [0.2, 0.25) is 5.02 Å². The third kappa shape index (κ3) is 5.94. The molecule has 1 aromatic carbocycles. The van der Waals surface area contributed by atoms with Gasteiger partial charge in [-0.25, -0.2) is 0 Å². The first-order chi connectivity index (χ1) is 17.5. The van der Waals surface area contributed by atoms with Crippen LogP contribution in [0.4, 0.5) is 0 Å². The number of hydrogen-bond donors (Lipinski definition) is 0. The van der Waals surface area contributed by atoms with E-state index >= 15 is 0 Å². The second-order valence-electron chi connectivity index (χ2n) is 15.0. The first-order valence-corrected chi connectivity index (χ1v) is 15.0. The zero-order valence-corrected chi connectivity index (χ0v) is 25.8. The smallest absolute Gasteiger partial charge is 0.234 e. The molecule has 1 saturated carbocycles. The van der Waals surface area contributed by atoms with Gasteiger partial charge in [0.25, 0.3) is 0 Å². The van der Waals surface area contributed by atoms with E-state index in [0.29, 0.717) is 30.1 Å². The summed E-state index contributed by atoms with van der Waals surface area (Å²) < 4.78 is 0. The van der Waals surface area contributed by atoms with Gasteiger partial charge in [-0.15, -0.1) is 0 Å². The molecule has 0 N–H and O–H groups in total. The summed E-state index contributed by atoms with van der Waals surface area (Å²) in [7, 11) is 0. The van der Waals surface area contributed by atoms with Gasteiger partial charge in [-0.3, -0.25) is 14.5 Å². The number of nitrogens with zero attached hydrogens (tertiary/aromatic N) is 3. The Morgan fingerprint density at radius 3 is 2.03 bits per heavy atom. The first-order valence-electron chi connectivity index (χ1n) is 14.7. The minimum absolute atomic E-state index is 0.00726. The normalized spacial score (nSPS) is 27.1. The maximum Gasteiger partial charge on any atom is 0.234 e. The second kappa shape index (κ2) is 10.4. The molecule has 6 heteroatoms. The number of benzene rings is 1. The fraction of sp³-hybridized carbons (Fsp3) is 0.750. The summed E-state index contributed by atoms with van der Waals surface area (Å²) >= 11 is 6.24. The third-order valence-corrected chi connectivity index (χ3v) is 9.70. The summed E-state index contributed by atoms with van der Waals surface area (Å²) in [5.41, 5.74) is 0.372. The average Bonchev–Trinajstić information content (AvgIpc) is 3.48. The van der Waals surface area contributed by atoms with Crippen LogP contribution in [0.1, 0.15) is 99.5 Å². The Morgan fingerprint density at radius 1 is 0.895 bits per heavy atom. The highest BCUT2D eigenvalue weighted by molar-refractivity contribution is 6.30. The van der Waals surface area contributed by atoms with Gasteiger partial charge in [0.1, 0.15) is 0 Å². The molecule has 2 amide bonds. The zero-order valence-electron chi connectivity index (χ0n) is 25.1. The van der Waals surface area contributed by atoms with Gasteiger partial charge in [0.2, 0.25) is 11.8 Å². The van der Waals surface area contributed by atoms with Crippen molar-refractivity contribution in [2.24, 2.45) is 10.8 Å². The number of carbonyl (C=O) groups is 2. The van der Waals surface area contributed by atoms with Gasteiger partial charge in [-0.2, -0.15) is 0 Å². The lowest BCUT2D eigenvalue weighted by molar-refractivity contribution is -0.147. The van der Waals surface area contributed by atoms with E-state index < -0.39 is 10.8 Å². The summed E-state index contributed by atoms with van der Waals surface area (Å²) in [4.78, 5) is 35.0. The molecular weight excluding hydrogens is 494 g/mol. The van der Waals surface area contributed by atoms with E-state index in [-0.39, 0.29) is 29.4 Å². The maximum absolute atomic E-state index is 14.5. The largest absolute Gasteiger partial charge is 0.340 e. The standard InChI is InChI=1S/C32H50ClN3O2/c1-29(2,3)27(37)36(25-13-16-31(7,8)17-14-25)26-15-19-34(21-26)28(38)32(23-9-11-24(33)12-10-23)18-20-35(22-32)30(4,5)6/h9-12,25-26H,13-22H2,1-8H3/t26-,32+/m0/s1. The SMILES string of the molecule is CC1(C)CCC(N(C(=O)C(C)(C)C)[C@H]2CCN(C(=O)[C@]3(c4ccc(Cl)cc4)CCN(C(C)(C)C)C3)C2)CC1. The summed E-state index contributed by atoms with van der Waals surface area (Å²) in [6.45, 7) is 20.4. The van der Waals surface area contributed by atoms with E-state index in [4.69, 9.17) is 11.6 Å². The molecule has 3 fully saturated rings. The Hall–Kier alpha value is -1.59. The summed E-state index contributed by atoms with van der Waals surface area (Å²) in [5, 5.41) is 0.690. The van der Waals surface area contributed by atoms with E-state index in [0.717, 1.165) is 50.6 Å². The lowest BCUT2D eigenvalue weighted by Crippen LogP contribution is -2.55. The molecule has 2 aliphatic heterocycles. The van der Waals surface area contributed by atoms with Crippen LogP contribution < -0.4 is 0 Å². The molecule has 4 rings (SSSR count). The van der Waals surface area contributed by atoms with Gasteiger partial charge >= 0.3 is 0 Å². The van der Waals surface area contributed by atoms with Gasteiger partial charge in [-0.1, -0.05) is 58.4 Å². The lowest BCUT2D eigenvalue weighted by Gasteiger charge is -2.45. The van der Waals surface area contributed by atoms with Gasteiger partial charge < -0.3 is 9.80 Å². The van der Waals surface area contributed by atoms with Crippen LogP contribution >= 0.6 is 11.6 Å². The third-order valence-electron chi connectivity index (χ3n) is 9.45. The fourth-order valence-corrected chi connectivity index (χ4v) is 6.95. The van der Waals surface area contributed by atoms with Crippen LogP contribution in [-0.4, -0.2) is 70.3 Å². The Labute approximate surface area is 236 Å². The Balaban J connectivity index is 1.59. The molecule has 2 saturated heterocycles. The average molecular weight is 544 g/mol. The van der Waals surface area contributed by atoms with Crippen molar-refractivity contribution in [3.63, 3.8) is 0 Å². The highest BCUT2D eigenvalue weighted by Crippen LogP contribution is 2.42. The van der Waals surface area contributed by atoms with Crippen molar-refractivity contribution in [3.05, 3.63) is 34.9 Å². The number of hydrogen-bond acceptors (Lipinski definition) is 3. The molecule has 0 radical (unpaired) electrons. The van der Waals surface area contributed by atoms with E-state index in [1.54, 1.807) is 0 Å². The van der Waals surface area contributed by atoms with Crippen molar-refractivity contribution < 1.29 is 9.59 Å². The first kappa shape index (κ1) is 29.4. The molecule has 1 aliphatic carbocycles. The Bertz CT molecular complexity index is 1010. The molecule has 212 valence electrons. The zero-order chi connectivity index (χ0) is 28.1. The fourth-order valence-electron chi connectivity index (χ4n) is 6.82. The number of carbonyl (C=O) groups excluding carboxylic acids is 2. The van der Waals surface area contributed by atoms with Crippen molar-refractivity contribution in [2.75, 3.05) is 26.2 Å². The van der Waals surface area contributed by atoms with Crippen molar-refractivity contribution in [1.82, 2.24) is 14.7 Å². The summed E-state index contributed by atoms with van der Waals surface area (Å²) in [5.74, 6) is 0.440. The molecule has 1 aromatic rings. The van der Waals surface area contributed by atoms with E-state index in [9.17, 15) is 9.59 Å². The molecule has 0 unspecified atom stereocenters. The maximum atomic E-state index is 14.5. The lowest BCUT2D eigenvalue weighted by atomic mass is 9.74. The van der Waals surface area contributed by atoms with E-state index in [2.05, 4.69) is 49.3 Å². The van der Waals surface area contributed by atoms with Gasteiger partial charge in [0.15, 0.2) is 0 Å². The molecule has 0 bridgehead atoms. The van der Waals surface area contributed by atoms with Crippen LogP contribution in [-0.2, 0) is 15.0 Å². The highest BCUT2D eigenvalue weighted by atomic mass is 35.5. The minimum Gasteiger partial charge on any atom is -0.340 e. The quantitative estimate of drug-likeness (QED) is 0.434. The number of amides is 2. The van der Waals surface area contributed by atoms with Gasteiger partial charge in [0.05, 0.1) is 11.5 Å². The van der Waals surface area contributed by atoms with Crippen molar-refractivity contribution >= 4 is 23.4 Å². The van der Waals surface area contributed by atoms with E-state index in [1.807, 2.05) is 45.0 Å². The van der Waals surface area contributed by atoms with E-state index in [1.165, 1.54) is 0 Å². The second-order valence-corrected chi connectivity index (χ2v) is 15.4. The van der Waals surface area contributed by atoms with Crippen molar-refractivity contribution in [2.45, 2.75) is 117 Å². The van der Waals surface area contributed by atoms with Gasteiger partial charge in [0, 0.05) is 48.2 Å². The van der Waals surface area contributed by atoms with Crippen LogP contribution in [0.15, 0.2) is 24.3 Å². The predicted molar refractivity (Wildman–Crippen MR) is 156 cm³/mol. The summed E-state index contributed by atoms with van der Waals surface area (Å²) in [6, 6.07) is 8.25. The number of rotatable bonds is 4. The molecule has 38 heavy (non-hydrogen) atoms. The van der Waals surface area contributed by atoms with Crippen LogP contribution in [0.25, 0.3) is 0 Å². The van der Waals surface area contributed by atoms with Crippen molar-refractivity contribution in [1.29, 1.82) is 0 Å². The van der Waals surface area contributed by atoms with Crippen molar-refractivity contribution in [3.8, 4) is 0 Å².